The number of amides is 2. The summed E-state index contributed by atoms with van der Waals surface area (Å²) >= 11 is 0. The van der Waals surface area contributed by atoms with Crippen molar-refractivity contribution in [2.45, 2.75) is 12.5 Å². The average Bonchev–Trinajstić information content (AvgIpc) is 3.24. The molecule has 1 aliphatic carbocycles. The van der Waals surface area contributed by atoms with Crippen LogP contribution in [0.3, 0.4) is 0 Å². The molecular formula is C19H17FN2O2. The lowest BCUT2D eigenvalue weighted by molar-refractivity contribution is -0.122. The minimum atomic E-state index is -0.545. The molecule has 122 valence electrons. The van der Waals surface area contributed by atoms with Crippen LogP contribution < -0.4 is 5.73 Å². The predicted molar refractivity (Wildman–Crippen MR) is 87.5 cm³/mol. The summed E-state index contributed by atoms with van der Waals surface area (Å²) in [6, 6.07) is 12.7. The maximum absolute atomic E-state index is 14.2. The minimum Gasteiger partial charge on any atom is -0.368 e. The van der Waals surface area contributed by atoms with Gasteiger partial charge >= 0.3 is 0 Å². The highest BCUT2D eigenvalue weighted by Crippen LogP contribution is 2.50. The topological polar surface area (TPSA) is 63.4 Å². The molecule has 2 fully saturated rings. The minimum absolute atomic E-state index is 0.187. The van der Waals surface area contributed by atoms with Gasteiger partial charge in [-0.2, -0.15) is 0 Å². The van der Waals surface area contributed by atoms with Crippen LogP contribution in [-0.2, 0) is 4.79 Å². The number of fused-ring (bicyclic) bond motifs is 1. The molecule has 2 aromatic carbocycles. The molecule has 5 heteroatoms. The Balaban J connectivity index is 1.74. The zero-order chi connectivity index (χ0) is 16.8. The van der Waals surface area contributed by atoms with E-state index in [1.165, 1.54) is 6.07 Å². The molecule has 0 aromatic heterocycles. The van der Waals surface area contributed by atoms with E-state index in [0.717, 1.165) is 6.42 Å². The molecule has 2 N–H and O–H groups in total. The Morgan fingerprint density at radius 2 is 1.71 bits per heavy atom. The summed E-state index contributed by atoms with van der Waals surface area (Å²) in [7, 11) is 0. The third kappa shape index (κ3) is 2.28. The standard InChI is InChI=1S/C19H17FN2O2/c20-16-8-4-3-6-13(16)12-5-1-2-7-14(12)19(24)22-10-11-9-15(11)17(22)18(21)23/h1-8,11,15,17H,9-10H2,(H2,21,23)/t11-,15-,17-/m0/s1. The van der Waals surface area contributed by atoms with Crippen LogP contribution in [0.1, 0.15) is 16.8 Å². The van der Waals surface area contributed by atoms with E-state index in [1.54, 1.807) is 47.4 Å². The zero-order valence-corrected chi connectivity index (χ0v) is 13.0. The van der Waals surface area contributed by atoms with Gasteiger partial charge in [0.05, 0.1) is 0 Å². The SMILES string of the molecule is NC(=O)[C@@H]1[C@H]2C[C@H]2CN1C(=O)c1ccccc1-c1ccccc1F. The number of rotatable bonds is 3. The van der Waals surface area contributed by atoms with E-state index < -0.39 is 11.9 Å². The first kappa shape index (κ1) is 14.9. The molecule has 0 radical (unpaired) electrons. The van der Waals surface area contributed by atoms with Crippen molar-refractivity contribution >= 4 is 11.8 Å². The number of hydrogen-bond donors (Lipinski definition) is 1. The number of piperidine rings is 1. The Bertz CT molecular complexity index is 836. The van der Waals surface area contributed by atoms with Crippen LogP contribution in [0, 0.1) is 17.7 Å². The molecule has 1 saturated carbocycles. The van der Waals surface area contributed by atoms with Gasteiger partial charge in [-0.05, 0) is 36.0 Å². The summed E-state index contributed by atoms with van der Waals surface area (Å²) in [6.45, 7) is 0.544. The largest absolute Gasteiger partial charge is 0.368 e. The van der Waals surface area contributed by atoms with Crippen LogP contribution in [0.4, 0.5) is 4.39 Å². The van der Waals surface area contributed by atoms with E-state index in [4.69, 9.17) is 5.73 Å². The van der Waals surface area contributed by atoms with Crippen molar-refractivity contribution in [3.8, 4) is 11.1 Å². The quantitative estimate of drug-likeness (QED) is 0.942. The van der Waals surface area contributed by atoms with Gasteiger partial charge in [-0.3, -0.25) is 9.59 Å². The van der Waals surface area contributed by atoms with Crippen LogP contribution >= 0.6 is 0 Å². The van der Waals surface area contributed by atoms with Gasteiger partial charge in [-0.1, -0.05) is 36.4 Å². The Morgan fingerprint density at radius 1 is 1.04 bits per heavy atom. The van der Waals surface area contributed by atoms with Gasteiger partial charge in [-0.25, -0.2) is 4.39 Å². The number of hydrogen-bond acceptors (Lipinski definition) is 2. The van der Waals surface area contributed by atoms with Crippen molar-refractivity contribution in [1.29, 1.82) is 0 Å². The van der Waals surface area contributed by atoms with Gasteiger partial charge in [0.25, 0.3) is 5.91 Å². The summed E-state index contributed by atoms with van der Waals surface area (Å²) in [4.78, 5) is 26.3. The van der Waals surface area contributed by atoms with Gasteiger partial charge in [0.2, 0.25) is 5.91 Å². The Hall–Kier alpha value is -2.69. The second-order valence-corrected chi connectivity index (χ2v) is 6.49. The molecule has 1 aliphatic heterocycles. The number of likely N-dealkylation sites (tertiary alicyclic amines) is 1. The first-order valence-electron chi connectivity index (χ1n) is 8.02. The lowest BCUT2D eigenvalue weighted by Crippen LogP contribution is -2.46. The molecule has 1 saturated heterocycles. The number of primary amides is 1. The predicted octanol–water partition coefficient (Wildman–Crippen LogP) is 2.44. The molecule has 3 atom stereocenters. The first-order chi connectivity index (χ1) is 11.6. The van der Waals surface area contributed by atoms with Gasteiger partial charge in [0, 0.05) is 17.7 Å². The van der Waals surface area contributed by atoms with E-state index in [0.29, 0.717) is 29.2 Å². The molecule has 0 bridgehead atoms. The Labute approximate surface area is 139 Å². The first-order valence-corrected chi connectivity index (χ1v) is 8.02. The monoisotopic (exact) mass is 324 g/mol. The van der Waals surface area contributed by atoms with Gasteiger partial charge in [0.15, 0.2) is 0 Å². The number of nitrogens with two attached hydrogens (primary N) is 1. The Kier molecular flexibility index (Phi) is 3.37. The molecular weight excluding hydrogens is 307 g/mol. The molecule has 2 aliphatic rings. The highest BCUT2D eigenvalue weighted by Gasteiger charge is 2.56. The van der Waals surface area contributed by atoms with Gasteiger partial charge < -0.3 is 10.6 Å². The third-order valence-electron chi connectivity index (χ3n) is 5.02. The smallest absolute Gasteiger partial charge is 0.255 e. The summed E-state index contributed by atoms with van der Waals surface area (Å²) in [6.07, 6.45) is 0.951. The van der Waals surface area contributed by atoms with Crippen molar-refractivity contribution in [2.75, 3.05) is 6.54 Å². The fourth-order valence-corrected chi connectivity index (χ4v) is 3.78. The number of nitrogens with zero attached hydrogens (tertiary/aromatic N) is 1. The van der Waals surface area contributed by atoms with Crippen LogP contribution in [0.15, 0.2) is 48.5 Å². The van der Waals surface area contributed by atoms with Crippen molar-refractivity contribution in [3.05, 3.63) is 59.9 Å². The van der Waals surface area contributed by atoms with Crippen LogP contribution in [0.5, 0.6) is 0 Å². The van der Waals surface area contributed by atoms with E-state index in [9.17, 15) is 14.0 Å². The van der Waals surface area contributed by atoms with E-state index in [-0.39, 0.29) is 17.6 Å². The lowest BCUT2D eigenvalue weighted by Gasteiger charge is -2.26. The van der Waals surface area contributed by atoms with Crippen molar-refractivity contribution in [1.82, 2.24) is 4.90 Å². The molecule has 2 amide bonds. The summed E-state index contributed by atoms with van der Waals surface area (Å²) in [5.74, 6) is -0.547. The van der Waals surface area contributed by atoms with E-state index in [1.807, 2.05) is 0 Å². The van der Waals surface area contributed by atoms with Crippen molar-refractivity contribution in [2.24, 2.45) is 17.6 Å². The molecule has 2 aromatic rings. The Morgan fingerprint density at radius 3 is 2.42 bits per heavy atom. The summed E-state index contributed by atoms with van der Waals surface area (Å²) in [5.41, 5.74) is 6.81. The fourth-order valence-electron chi connectivity index (χ4n) is 3.78. The highest BCUT2D eigenvalue weighted by molar-refractivity contribution is 6.03. The maximum atomic E-state index is 14.2. The normalized spacial score (nSPS) is 24.5. The molecule has 0 spiro atoms. The zero-order valence-electron chi connectivity index (χ0n) is 13.0. The summed E-state index contributed by atoms with van der Waals surface area (Å²) < 4.78 is 14.2. The second kappa shape index (κ2) is 5.44. The van der Waals surface area contributed by atoms with E-state index >= 15 is 0 Å². The number of benzene rings is 2. The molecule has 1 heterocycles. The molecule has 4 nitrogen and oxygen atoms in total. The second-order valence-electron chi connectivity index (χ2n) is 6.49. The van der Waals surface area contributed by atoms with E-state index in [2.05, 4.69) is 0 Å². The molecule has 24 heavy (non-hydrogen) atoms. The van der Waals surface area contributed by atoms with Crippen LogP contribution in [0.2, 0.25) is 0 Å². The fraction of sp³-hybridized carbons (Fsp3) is 0.263. The highest BCUT2D eigenvalue weighted by atomic mass is 19.1. The van der Waals surface area contributed by atoms with Gasteiger partial charge in [0.1, 0.15) is 11.9 Å². The average molecular weight is 324 g/mol. The number of halogens is 1. The maximum Gasteiger partial charge on any atom is 0.255 e. The van der Waals surface area contributed by atoms with Crippen molar-refractivity contribution < 1.29 is 14.0 Å². The van der Waals surface area contributed by atoms with Crippen molar-refractivity contribution in [3.63, 3.8) is 0 Å². The van der Waals surface area contributed by atoms with Crippen LogP contribution in [0.25, 0.3) is 11.1 Å². The lowest BCUT2D eigenvalue weighted by atomic mass is 9.98. The van der Waals surface area contributed by atoms with Gasteiger partial charge in [-0.15, -0.1) is 0 Å². The molecule has 4 rings (SSSR count). The number of carbonyl (C=O) groups excluding carboxylic acids is 2. The van der Waals surface area contributed by atoms with Crippen LogP contribution in [-0.4, -0.2) is 29.3 Å². The summed E-state index contributed by atoms with van der Waals surface area (Å²) in [5, 5.41) is 0. The number of carbonyl (C=O) groups is 2. The molecule has 0 unspecified atom stereocenters. The third-order valence-corrected chi connectivity index (χ3v) is 5.02.